The number of amides is 2. The first-order chi connectivity index (χ1) is 17.9. The second-order valence-electron chi connectivity index (χ2n) is 9.47. The second kappa shape index (κ2) is 12.1. The van der Waals surface area contributed by atoms with Gasteiger partial charge in [0.2, 0.25) is 11.8 Å². The van der Waals surface area contributed by atoms with Crippen molar-refractivity contribution in [2.75, 3.05) is 25.5 Å². The van der Waals surface area contributed by atoms with Crippen molar-refractivity contribution in [1.29, 1.82) is 0 Å². The maximum Gasteiger partial charge on any atom is 0.237 e. The first-order valence-electron chi connectivity index (χ1n) is 12.4. The van der Waals surface area contributed by atoms with Crippen LogP contribution in [0.2, 0.25) is 0 Å². The third-order valence-corrected chi connectivity index (χ3v) is 5.99. The Kier molecular flexibility index (Phi) is 8.48. The van der Waals surface area contributed by atoms with E-state index in [0.717, 1.165) is 41.7 Å². The van der Waals surface area contributed by atoms with Crippen LogP contribution in [-0.4, -0.2) is 47.6 Å². The quantitative estimate of drug-likeness (QED) is 0.370. The molecule has 3 aromatic carbocycles. The fourth-order valence-corrected chi connectivity index (χ4v) is 4.00. The van der Waals surface area contributed by atoms with Crippen molar-refractivity contribution in [2.24, 2.45) is 11.7 Å². The number of rotatable bonds is 8. The number of primary amides is 1. The largest absolute Gasteiger partial charge is 0.368 e. The molecule has 7 heteroatoms. The number of carbonyl (C=O) groups excluding carboxylic acids is 2. The zero-order valence-corrected chi connectivity index (χ0v) is 21.3. The fraction of sp³-hybridized carbons (Fsp3) is 0.233. The predicted molar refractivity (Wildman–Crippen MR) is 150 cm³/mol. The number of benzene rings is 3. The summed E-state index contributed by atoms with van der Waals surface area (Å²) in [4.78, 5) is 26.6. The molecule has 1 aliphatic carbocycles. The molecule has 4 aromatic rings. The minimum atomic E-state index is -0.488. The lowest BCUT2D eigenvalue weighted by Gasteiger charge is -2.21. The summed E-state index contributed by atoms with van der Waals surface area (Å²) in [7, 11) is 4.16. The molecule has 0 radical (unpaired) electrons. The smallest absolute Gasteiger partial charge is 0.237 e. The third kappa shape index (κ3) is 7.38. The molecule has 190 valence electrons. The van der Waals surface area contributed by atoms with Crippen LogP contribution in [0.1, 0.15) is 29.7 Å². The first kappa shape index (κ1) is 25.9. The van der Waals surface area contributed by atoms with E-state index in [2.05, 4.69) is 71.7 Å². The summed E-state index contributed by atoms with van der Waals surface area (Å²) in [5, 5.41) is 8.55. The molecule has 1 fully saturated rings. The lowest BCUT2D eigenvalue weighted by Crippen LogP contribution is -2.39. The Morgan fingerprint density at radius 2 is 1.62 bits per heavy atom. The predicted octanol–water partition coefficient (Wildman–Crippen LogP) is 4.71. The molecule has 1 aromatic heterocycles. The number of anilines is 1. The highest BCUT2D eigenvalue weighted by Gasteiger charge is 2.34. The molecule has 0 aliphatic heterocycles. The van der Waals surface area contributed by atoms with Crippen LogP contribution in [0.15, 0.2) is 78.9 Å². The molecule has 1 saturated carbocycles. The van der Waals surface area contributed by atoms with Crippen LogP contribution in [0.25, 0.3) is 23.1 Å². The normalized spacial score (nSPS) is 12.9. The molecular weight excluding hydrogens is 462 g/mol. The zero-order chi connectivity index (χ0) is 26.2. The highest BCUT2D eigenvalue weighted by Crippen LogP contribution is 2.32. The van der Waals surface area contributed by atoms with E-state index in [1.54, 1.807) is 0 Å². The average Bonchev–Trinajstić information content (AvgIpc) is 3.67. The minimum Gasteiger partial charge on any atom is -0.368 e. The number of hydrogen-bond donors (Lipinski definition) is 2. The van der Waals surface area contributed by atoms with Gasteiger partial charge in [0.1, 0.15) is 6.54 Å². The van der Waals surface area contributed by atoms with E-state index in [0.29, 0.717) is 0 Å². The first-order valence-corrected chi connectivity index (χ1v) is 12.4. The fourth-order valence-electron chi connectivity index (χ4n) is 4.00. The number of H-pyrrole nitrogens is 1. The summed E-state index contributed by atoms with van der Waals surface area (Å²) >= 11 is 0. The number of carbonyl (C=O) groups is 2. The molecule has 0 spiro atoms. The van der Waals surface area contributed by atoms with Gasteiger partial charge in [-0.15, -0.1) is 0 Å². The van der Waals surface area contributed by atoms with Gasteiger partial charge in [0.25, 0.3) is 0 Å². The van der Waals surface area contributed by atoms with Gasteiger partial charge in [0.05, 0.1) is 11.2 Å². The molecule has 3 N–H and O–H groups in total. The lowest BCUT2D eigenvalue weighted by molar-refractivity contribution is -0.123. The highest BCUT2D eigenvalue weighted by molar-refractivity contribution is 6.00. The van der Waals surface area contributed by atoms with Crippen LogP contribution >= 0.6 is 0 Å². The lowest BCUT2D eigenvalue weighted by atomic mass is 10.1. The van der Waals surface area contributed by atoms with Gasteiger partial charge in [0.15, 0.2) is 0 Å². The number of aromatic amines is 1. The maximum atomic E-state index is 12.0. The van der Waals surface area contributed by atoms with Crippen molar-refractivity contribution >= 4 is 40.6 Å². The summed E-state index contributed by atoms with van der Waals surface area (Å²) in [5.41, 5.74) is 10.4. The van der Waals surface area contributed by atoms with Gasteiger partial charge in [-0.1, -0.05) is 66.7 Å². The Hall–Kier alpha value is -4.23. The number of para-hydroxylation sites is 2. The van der Waals surface area contributed by atoms with Crippen molar-refractivity contribution in [3.05, 3.63) is 95.7 Å². The van der Waals surface area contributed by atoms with Crippen LogP contribution in [0.3, 0.4) is 0 Å². The summed E-state index contributed by atoms with van der Waals surface area (Å²) < 4.78 is 0. The van der Waals surface area contributed by atoms with E-state index in [-0.39, 0.29) is 18.4 Å². The third-order valence-electron chi connectivity index (χ3n) is 5.99. The van der Waals surface area contributed by atoms with E-state index >= 15 is 0 Å². The highest BCUT2D eigenvalue weighted by atomic mass is 16.2. The molecule has 7 nitrogen and oxygen atoms in total. The van der Waals surface area contributed by atoms with Gasteiger partial charge in [-0.2, -0.15) is 5.10 Å². The summed E-state index contributed by atoms with van der Waals surface area (Å²) in [6.07, 6.45) is 5.99. The van der Waals surface area contributed by atoms with Crippen LogP contribution in [0, 0.1) is 5.92 Å². The average molecular weight is 496 g/mol. The molecule has 1 aliphatic rings. The minimum absolute atomic E-state index is 0.00463. The number of hydrogen-bond acceptors (Lipinski definition) is 4. The van der Waals surface area contributed by atoms with Gasteiger partial charge in [-0.3, -0.25) is 14.7 Å². The van der Waals surface area contributed by atoms with Crippen molar-refractivity contribution in [1.82, 2.24) is 15.1 Å². The Morgan fingerprint density at radius 3 is 2.27 bits per heavy atom. The molecule has 0 unspecified atom stereocenters. The molecule has 0 bridgehead atoms. The van der Waals surface area contributed by atoms with Crippen LogP contribution < -0.4 is 10.6 Å². The van der Waals surface area contributed by atoms with Gasteiger partial charge in [-0.05, 0) is 62.3 Å². The van der Waals surface area contributed by atoms with E-state index in [1.807, 2.05) is 48.5 Å². The number of nitrogens with two attached hydrogens (primary N) is 1. The van der Waals surface area contributed by atoms with Crippen LogP contribution in [-0.2, 0) is 16.1 Å². The van der Waals surface area contributed by atoms with Crippen LogP contribution in [0.4, 0.5) is 5.69 Å². The molecule has 2 amide bonds. The Morgan fingerprint density at radius 1 is 0.946 bits per heavy atom. The summed E-state index contributed by atoms with van der Waals surface area (Å²) in [6, 6.07) is 25.9. The number of nitrogens with one attached hydrogen (secondary N) is 1. The topological polar surface area (TPSA) is 95.3 Å². The molecular formula is C30H33N5O2. The Labute approximate surface area is 217 Å². The SMILES string of the molecule is CN(C)Cc1ccc(/C=C/c2n[nH]c3ccccc23)cc1.NC(=O)CN(C(=O)C1CC1)c1ccccc1. The number of aromatic nitrogens is 2. The van der Waals surface area contributed by atoms with Gasteiger partial charge < -0.3 is 15.5 Å². The van der Waals surface area contributed by atoms with E-state index in [4.69, 9.17) is 5.73 Å². The maximum absolute atomic E-state index is 12.0. The van der Waals surface area contributed by atoms with Gasteiger partial charge in [0, 0.05) is 23.5 Å². The van der Waals surface area contributed by atoms with Crippen LogP contribution in [0.5, 0.6) is 0 Å². The Balaban J connectivity index is 0.000000180. The number of fused-ring (bicyclic) bond motifs is 1. The van der Waals surface area contributed by atoms with E-state index < -0.39 is 5.91 Å². The Bertz CT molecular complexity index is 1360. The standard InChI is InChI=1S/C18H19N3.C12H14N2O2/c1-21(2)13-15-9-7-14(8-10-15)11-12-18-16-5-3-4-6-17(16)19-20-18;13-11(15)8-14(12(16)9-6-7-9)10-4-2-1-3-5-10/h3-12H,13H2,1-2H3,(H,19,20);1-5,9H,6-8H2,(H2,13,15)/b12-11+;. The summed E-state index contributed by atoms with van der Waals surface area (Å²) in [5.74, 6) is -0.401. The monoisotopic (exact) mass is 495 g/mol. The summed E-state index contributed by atoms with van der Waals surface area (Å²) in [6.45, 7) is 0.924. The molecule has 5 rings (SSSR count). The van der Waals surface area contributed by atoms with Crippen molar-refractivity contribution in [2.45, 2.75) is 19.4 Å². The molecule has 37 heavy (non-hydrogen) atoms. The van der Waals surface area contributed by atoms with Crippen molar-refractivity contribution in [3.8, 4) is 0 Å². The number of nitrogens with zero attached hydrogens (tertiary/aromatic N) is 3. The van der Waals surface area contributed by atoms with Crippen molar-refractivity contribution in [3.63, 3.8) is 0 Å². The van der Waals surface area contributed by atoms with E-state index in [1.165, 1.54) is 16.0 Å². The molecule has 0 saturated heterocycles. The molecule has 0 atom stereocenters. The van der Waals surface area contributed by atoms with E-state index in [9.17, 15) is 9.59 Å². The van der Waals surface area contributed by atoms with Crippen molar-refractivity contribution < 1.29 is 9.59 Å². The zero-order valence-electron chi connectivity index (χ0n) is 21.3. The second-order valence-corrected chi connectivity index (χ2v) is 9.47. The van der Waals surface area contributed by atoms with Gasteiger partial charge >= 0.3 is 0 Å². The van der Waals surface area contributed by atoms with Gasteiger partial charge in [-0.25, -0.2) is 0 Å². The molecule has 1 heterocycles.